The summed E-state index contributed by atoms with van der Waals surface area (Å²) in [5, 5.41) is 0. The number of hydrogen-bond donors (Lipinski definition) is 0. The molecule has 0 rings (SSSR count). The second kappa shape index (κ2) is 5.68. The molecule has 0 fully saturated rings. The van der Waals surface area contributed by atoms with Crippen LogP contribution in [0.1, 0.15) is 0 Å². The molecule has 0 aromatic heterocycles. The summed E-state index contributed by atoms with van der Waals surface area (Å²) in [7, 11) is 0. The third-order valence-electron chi connectivity index (χ3n) is 0.167. The van der Waals surface area contributed by atoms with Gasteiger partial charge in [0.05, 0.1) is 0 Å². The number of carbonyl (C=O) groups is 1. The van der Waals surface area contributed by atoms with Crippen LogP contribution in [0.15, 0.2) is 12.7 Å². The minimum atomic E-state index is -0.106. The average molecular weight is 304 g/mol. The predicted octanol–water partition coefficient (Wildman–Crippen LogP) is 0.243. The topological polar surface area (TPSA) is 17.1 Å². The van der Waals surface area contributed by atoms with Crippen LogP contribution in [0.5, 0.6) is 0 Å². The molecule has 0 saturated heterocycles. The minimum Gasteiger partial charge on any atom is 0 e. The van der Waals surface area contributed by atoms with E-state index in [2.05, 4.69) is 22.9 Å². The zero-order valence-electron chi connectivity index (χ0n) is 2.90. The van der Waals surface area contributed by atoms with Crippen LogP contribution >= 0.6 is 0 Å². The summed E-state index contributed by atoms with van der Waals surface area (Å²) in [6, 6.07) is 0. The van der Waals surface area contributed by atoms with E-state index < -0.39 is 0 Å². The predicted molar refractivity (Wildman–Crippen MR) is 15.2 cm³/mol. The minimum absolute atomic E-state index is 0. The fourth-order valence-corrected chi connectivity index (χ4v) is 0. The molecule has 0 aliphatic heterocycles. The first-order valence-electron chi connectivity index (χ1n) is 1.11. The van der Waals surface area contributed by atoms with Crippen molar-refractivity contribution < 1.29 is 43.5 Å². The van der Waals surface area contributed by atoms with Gasteiger partial charge in [0.25, 0.3) is 0 Å². The first-order valence-corrected chi connectivity index (χ1v) is 1.74. The van der Waals surface area contributed by atoms with Crippen molar-refractivity contribution in [2.24, 2.45) is 0 Å². The molecule has 0 aliphatic carbocycles. The molecule has 1 nitrogen and oxygen atoms in total. The molecule has 0 unspecified atom stereocenters. The van der Waals surface area contributed by atoms with E-state index in [9.17, 15) is 4.79 Å². The molecule has 0 saturated carbocycles. The smallest absolute Gasteiger partial charge is 0 e. The van der Waals surface area contributed by atoms with Crippen LogP contribution in [-0.4, -0.2) is 4.65 Å². The zero-order valence-corrected chi connectivity index (χ0v) is 6.34. The van der Waals surface area contributed by atoms with E-state index in [0.29, 0.717) is 0 Å². The van der Waals surface area contributed by atoms with E-state index in [1.807, 2.05) is 0 Å². The van der Waals surface area contributed by atoms with Crippen molar-refractivity contribution in [2.45, 2.75) is 0 Å². The van der Waals surface area contributed by atoms with E-state index in [1.54, 1.807) is 0 Å². The first-order chi connectivity index (χ1) is 2.27. The van der Waals surface area contributed by atoms with E-state index in [1.165, 1.54) is 6.08 Å². The molecular weight excluding hydrogens is 301 g/mol. The van der Waals surface area contributed by atoms with Crippen LogP contribution < -0.4 is 0 Å². The van der Waals surface area contributed by atoms with Crippen LogP contribution in [-0.2, 0) is 43.5 Å². The Kier molecular flexibility index (Phi) is 9.32. The zero-order chi connectivity index (χ0) is 4.28. The fourth-order valence-electron chi connectivity index (χ4n) is 0. The molecule has 3 heteroatoms. The van der Waals surface area contributed by atoms with Gasteiger partial charge in [-0.1, -0.05) is 0 Å². The number of hydrogen-bond acceptors (Lipinski definition) is 1. The Labute approximate surface area is 60.7 Å². The Morgan fingerprint density at radius 3 is 2.00 bits per heavy atom. The Bertz CT molecular complexity index is 61.8. The van der Waals surface area contributed by atoms with E-state index >= 15 is 0 Å². The van der Waals surface area contributed by atoms with Crippen molar-refractivity contribution in [3.63, 3.8) is 0 Å². The molecule has 0 atom stereocenters. The molecule has 0 aliphatic rings. The first kappa shape index (κ1) is 9.84. The Balaban J connectivity index is 0. The number of allylic oxidation sites excluding steroid dienone is 1. The van der Waals surface area contributed by atoms with Gasteiger partial charge in [-0.15, -0.1) is 0 Å². The third kappa shape index (κ3) is 8.82. The van der Waals surface area contributed by atoms with Gasteiger partial charge >= 0.3 is 38.4 Å². The average Bonchev–Trinajstić information content (AvgIpc) is 1.38. The molecule has 1 radical (unpaired) electrons. The largest absolute Gasteiger partial charge is 0 e. The molecular formula is C3H3AuCrO. The van der Waals surface area contributed by atoms with Crippen molar-refractivity contribution >= 4 is 4.65 Å². The van der Waals surface area contributed by atoms with Gasteiger partial charge in [0.2, 0.25) is 0 Å². The second-order valence-electron chi connectivity index (χ2n) is 0.523. The third-order valence-corrected chi connectivity index (χ3v) is 0.427. The van der Waals surface area contributed by atoms with Gasteiger partial charge in [-0.25, -0.2) is 0 Å². The van der Waals surface area contributed by atoms with Crippen molar-refractivity contribution in [1.29, 1.82) is 0 Å². The van der Waals surface area contributed by atoms with Gasteiger partial charge in [0.15, 0.2) is 0 Å². The van der Waals surface area contributed by atoms with Gasteiger partial charge in [-0.05, 0) is 0 Å². The Morgan fingerprint density at radius 2 is 2.00 bits per heavy atom. The van der Waals surface area contributed by atoms with Crippen LogP contribution in [0, 0.1) is 0 Å². The van der Waals surface area contributed by atoms with Crippen LogP contribution in [0.3, 0.4) is 0 Å². The summed E-state index contributed by atoms with van der Waals surface area (Å²) in [4.78, 5) is 9.64. The van der Waals surface area contributed by atoms with Crippen molar-refractivity contribution in [2.75, 3.05) is 0 Å². The maximum atomic E-state index is 9.64. The quantitative estimate of drug-likeness (QED) is 0.501. The molecule has 0 bridgehead atoms. The molecule has 0 aromatic carbocycles. The Hall–Kier alpha value is 0.683. The summed E-state index contributed by atoms with van der Waals surface area (Å²) < 4.78 is -0.106. The molecule has 6 heavy (non-hydrogen) atoms. The van der Waals surface area contributed by atoms with E-state index in [-0.39, 0.29) is 27.0 Å². The van der Waals surface area contributed by atoms with Crippen LogP contribution in [0.25, 0.3) is 0 Å². The van der Waals surface area contributed by atoms with Crippen molar-refractivity contribution in [3.05, 3.63) is 12.7 Å². The van der Waals surface area contributed by atoms with Gasteiger partial charge in [-0.2, -0.15) is 0 Å². The molecule has 38 valence electrons. The maximum Gasteiger partial charge on any atom is 0 e. The molecule has 0 N–H and O–H groups in total. The van der Waals surface area contributed by atoms with Crippen molar-refractivity contribution in [3.8, 4) is 0 Å². The van der Waals surface area contributed by atoms with Gasteiger partial charge in [-0.3, -0.25) is 0 Å². The summed E-state index contributed by atoms with van der Waals surface area (Å²) in [5.41, 5.74) is 0. The van der Waals surface area contributed by atoms with Gasteiger partial charge < -0.3 is 0 Å². The summed E-state index contributed by atoms with van der Waals surface area (Å²) >= 11 is 2.23. The molecule has 0 spiro atoms. The van der Waals surface area contributed by atoms with E-state index in [0.717, 1.165) is 0 Å². The molecule has 0 amide bonds. The fraction of sp³-hybridized carbons (Fsp3) is 0. The SMILES string of the molecule is C=C[C](=O)[Cr].[Au]. The normalized spacial score (nSPS) is 5.33. The van der Waals surface area contributed by atoms with Gasteiger partial charge in [0, 0.05) is 22.4 Å². The summed E-state index contributed by atoms with van der Waals surface area (Å²) in [5.74, 6) is 0. The molecule has 0 aromatic rings. The van der Waals surface area contributed by atoms with Crippen molar-refractivity contribution in [1.82, 2.24) is 0 Å². The number of carbonyl (C=O) groups excluding carboxylic acids is 1. The summed E-state index contributed by atoms with van der Waals surface area (Å²) in [6.07, 6.45) is 1.22. The summed E-state index contributed by atoms with van der Waals surface area (Å²) in [6.45, 7) is 3.18. The Morgan fingerprint density at radius 1 is 1.83 bits per heavy atom. The van der Waals surface area contributed by atoms with Crippen LogP contribution in [0.2, 0.25) is 0 Å². The maximum absolute atomic E-state index is 9.64. The standard InChI is InChI=1S/C3H3O.Au.Cr/c1-2-3-4;;/h2H,1H2;;. The monoisotopic (exact) mass is 304 g/mol. The van der Waals surface area contributed by atoms with E-state index in [4.69, 9.17) is 0 Å². The number of rotatable bonds is 1. The van der Waals surface area contributed by atoms with Crippen LogP contribution in [0.4, 0.5) is 0 Å². The molecule has 0 heterocycles. The second-order valence-corrected chi connectivity index (χ2v) is 1.15. The van der Waals surface area contributed by atoms with Gasteiger partial charge in [0.1, 0.15) is 0 Å².